The number of carbonyl (C=O) groups is 2. The summed E-state index contributed by atoms with van der Waals surface area (Å²) in [6, 6.07) is 14.4. The number of benzene rings is 2. The number of hydrogen-bond acceptors (Lipinski definition) is 6. The van der Waals surface area contributed by atoms with Crippen molar-refractivity contribution in [3.05, 3.63) is 54.1 Å². The third-order valence-electron chi connectivity index (χ3n) is 4.40. The molecule has 7 heteroatoms. The SMILES string of the molecule is CCCOC(=O)c1cc(NC(=O)COc2ccccc2)ccc1N1CCOCC1. The lowest BCUT2D eigenvalue weighted by Gasteiger charge is -2.30. The van der Waals surface area contributed by atoms with Gasteiger partial charge in [0.15, 0.2) is 6.61 Å². The molecule has 1 heterocycles. The number of hydrogen-bond donors (Lipinski definition) is 1. The highest BCUT2D eigenvalue weighted by molar-refractivity contribution is 5.99. The number of rotatable bonds is 8. The summed E-state index contributed by atoms with van der Waals surface area (Å²) >= 11 is 0. The van der Waals surface area contributed by atoms with Crippen LogP contribution in [0.5, 0.6) is 5.75 Å². The normalized spacial score (nSPS) is 13.6. The number of para-hydroxylation sites is 1. The molecule has 1 fully saturated rings. The molecule has 1 aliphatic heterocycles. The standard InChI is InChI=1S/C22H26N2O5/c1-2-12-28-22(26)19-15-17(8-9-20(19)24-10-13-27-14-11-24)23-21(25)16-29-18-6-4-3-5-7-18/h3-9,15H,2,10-14,16H2,1H3,(H,23,25). The molecule has 154 valence electrons. The number of morpholine rings is 1. The van der Waals surface area contributed by atoms with Gasteiger partial charge in [0, 0.05) is 18.8 Å². The molecule has 0 bridgehead atoms. The van der Waals surface area contributed by atoms with Crippen LogP contribution in [0.15, 0.2) is 48.5 Å². The summed E-state index contributed by atoms with van der Waals surface area (Å²) < 4.78 is 16.2. The number of ether oxygens (including phenoxy) is 3. The van der Waals surface area contributed by atoms with Crippen LogP contribution in [0.4, 0.5) is 11.4 Å². The van der Waals surface area contributed by atoms with Crippen LogP contribution < -0.4 is 15.0 Å². The maximum Gasteiger partial charge on any atom is 0.340 e. The fraction of sp³-hybridized carbons (Fsp3) is 0.364. The van der Waals surface area contributed by atoms with E-state index >= 15 is 0 Å². The van der Waals surface area contributed by atoms with Crippen molar-refractivity contribution in [1.82, 2.24) is 0 Å². The fourth-order valence-corrected chi connectivity index (χ4v) is 2.99. The van der Waals surface area contributed by atoms with E-state index in [1.54, 1.807) is 24.3 Å². The lowest BCUT2D eigenvalue weighted by atomic mass is 10.1. The Hall–Kier alpha value is -3.06. The molecule has 0 spiro atoms. The van der Waals surface area contributed by atoms with Gasteiger partial charge in [-0.2, -0.15) is 0 Å². The van der Waals surface area contributed by atoms with Crippen LogP contribution in [0.2, 0.25) is 0 Å². The van der Waals surface area contributed by atoms with Crippen molar-refractivity contribution in [2.24, 2.45) is 0 Å². The van der Waals surface area contributed by atoms with E-state index in [0.717, 1.165) is 12.1 Å². The van der Waals surface area contributed by atoms with Gasteiger partial charge in [-0.25, -0.2) is 4.79 Å². The van der Waals surface area contributed by atoms with E-state index in [-0.39, 0.29) is 12.5 Å². The molecule has 1 saturated heterocycles. The highest BCUT2D eigenvalue weighted by atomic mass is 16.5. The molecule has 0 saturated carbocycles. The quantitative estimate of drug-likeness (QED) is 0.689. The highest BCUT2D eigenvalue weighted by Crippen LogP contribution is 2.26. The van der Waals surface area contributed by atoms with Gasteiger partial charge in [-0.3, -0.25) is 4.79 Å². The molecule has 2 aromatic rings. The molecule has 0 aliphatic carbocycles. The molecule has 0 radical (unpaired) electrons. The maximum atomic E-state index is 12.6. The van der Waals surface area contributed by atoms with Crippen molar-refractivity contribution in [3.8, 4) is 5.75 Å². The fourth-order valence-electron chi connectivity index (χ4n) is 2.99. The van der Waals surface area contributed by atoms with E-state index < -0.39 is 5.97 Å². The van der Waals surface area contributed by atoms with Gasteiger partial charge in [0.1, 0.15) is 5.75 Å². The van der Waals surface area contributed by atoms with E-state index in [9.17, 15) is 9.59 Å². The minimum absolute atomic E-state index is 0.120. The molecule has 7 nitrogen and oxygen atoms in total. The van der Waals surface area contributed by atoms with Gasteiger partial charge in [-0.05, 0) is 36.8 Å². The summed E-state index contributed by atoms with van der Waals surface area (Å²) in [4.78, 5) is 26.9. The molecule has 3 rings (SSSR count). The Kier molecular flexibility index (Phi) is 7.47. The molecule has 29 heavy (non-hydrogen) atoms. The Morgan fingerprint density at radius 1 is 1.10 bits per heavy atom. The van der Waals surface area contributed by atoms with E-state index in [4.69, 9.17) is 14.2 Å². The molecular weight excluding hydrogens is 372 g/mol. The topological polar surface area (TPSA) is 77.1 Å². The molecule has 0 aromatic heterocycles. The van der Waals surface area contributed by atoms with Crippen LogP contribution in [-0.2, 0) is 14.3 Å². The number of carbonyl (C=O) groups excluding carboxylic acids is 2. The Bertz CT molecular complexity index is 819. The van der Waals surface area contributed by atoms with E-state index in [0.29, 0.717) is 49.9 Å². The van der Waals surface area contributed by atoms with Crippen LogP contribution in [0.25, 0.3) is 0 Å². The smallest absolute Gasteiger partial charge is 0.340 e. The Labute approximate surface area is 170 Å². The first-order chi connectivity index (χ1) is 14.2. The molecule has 0 unspecified atom stereocenters. The molecule has 1 N–H and O–H groups in total. The summed E-state index contributed by atoms with van der Waals surface area (Å²) in [6.45, 7) is 4.79. The predicted octanol–water partition coefficient (Wildman–Crippen LogP) is 3.11. The van der Waals surface area contributed by atoms with Gasteiger partial charge < -0.3 is 24.4 Å². The van der Waals surface area contributed by atoms with Crippen LogP contribution in [0.1, 0.15) is 23.7 Å². The summed E-state index contributed by atoms with van der Waals surface area (Å²) in [6.07, 6.45) is 0.742. The van der Waals surface area contributed by atoms with Crippen molar-refractivity contribution in [1.29, 1.82) is 0 Å². The number of nitrogens with one attached hydrogen (secondary N) is 1. The third-order valence-corrected chi connectivity index (χ3v) is 4.40. The number of anilines is 2. The van der Waals surface area contributed by atoms with Crippen LogP contribution >= 0.6 is 0 Å². The Morgan fingerprint density at radius 2 is 1.86 bits per heavy atom. The third kappa shape index (κ3) is 5.96. The molecular formula is C22H26N2O5. The summed E-state index contributed by atoms with van der Waals surface area (Å²) in [5, 5.41) is 2.78. The first-order valence-corrected chi connectivity index (χ1v) is 9.79. The minimum atomic E-state index is -0.398. The lowest BCUT2D eigenvalue weighted by Crippen LogP contribution is -2.37. The second-order valence-electron chi connectivity index (χ2n) is 6.62. The van der Waals surface area contributed by atoms with E-state index in [2.05, 4.69) is 10.2 Å². The maximum absolute atomic E-state index is 12.6. The van der Waals surface area contributed by atoms with Gasteiger partial charge in [-0.1, -0.05) is 25.1 Å². The van der Waals surface area contributed by atoms with Crippen molar-refractivity contribution in [2.45, 2.75) is 13.3 Å². The number of nitrogens with zero attached hydrogens (tertiary/aromatic N) is 1. The van der Waals surface area contributed by atoms with Crippen LogP contribution in [0, 0.1) is 0 Å². The number of esters is 1. The highest BCUT2D eigenvalue weighted by Gasteiger charge is 2.21. The zero-order valence-corrected chi connectivity index (χ0v) is 16.6. The van der Waals surface area contributed by atoms with Crippen LogP contribution in [-0.4, -0.2) is 51.4 Å². The molecule has 2 aromatic carbocycles. The van der Waals surface area contributed by atoms with Crippen molar-refractivity contribution in [2.75, 3.05) is 49.7 Å². The lowest BCUT2D eigenvalue weighted by molar-refractivity contribution is -0.118. The van der Waals surface area contributed by atoms with Crippen molar-refractivity contribution in [3.63, 3.8) is 0 Å². The monoisotopic (exact) mass is 398 g/mol. The average molecular weight is 398 g/mol. The van der Waals surface area contributed by atoms with Crippen molar-refractivity contribution >= 4 is 23.3 Å². The minimum Gasteiger partial charge on any atom is -0.484 e. The second-order valence-corrected chi connectivity index (χ2v) is 6.62. The number of amides is 1. The largest absolute Gasteiger partial charge is 0.484 e. The Morgan fingerprint density at radius 3 is 2.59 bits per heavy atom. The van der Waals surface area contributed by atoms with E-state index in [1.807, 2.05) is 31.2 Å². The first kappa shape index (κ1) is 20.7. The van der Waals surface area contributed by atoms with Crippen molar-refractivity contribution < 1.29 is 23.8 Å². The summed E-state index contributed by atoms with van der Waals surface area (Å²) in [5.74, 6) is -0.0834. The average Bonchev–Trinajstić information content (AvgIpc) is 2.77. The summed E-state index contributed by atoms with van der Waals surface area (Å²) in [7, 11) is 0. The van der Waals surface area contributed by atoms with Gasteiger partial charge in [0.25, 0.3) is 5.91 Å². The van der Waals surface area contributed by atoms with Gasteiger partial charge >= 0.3 is 5.97 Å². The molecule has 0 atom stereocenters. The van der Waals surface area contributed by atoms with Gasteiger partial charge in [0.2, 0.25) is 0 Å². The first-order valence-electron chi connectivity index (χ1n) is 9.79. The molecule has 1 aliphatic rings. The van der Waals surface area contributed by atoms with Crippen LogP contribution in [0.3, 0.4) is 0 Å². The predicted molar refractivity (Wildman–Crippen MR) is 111 cm³/mol. The van der Waals surface area contributed by atoms with Gasteiger partial charge in [-0.15, -0.1) is 0 Å². The Balaban J connectivity index is 1.71. The summed E-state index contributed by atoms with van der Waals surface area (Å²) in [5.41, 5.74) is 1.74. The molecule has 1 amide bonds. The second kappa shape index (κ2) is 10.5. The van der Waals surface area contributed by atoms with E-state index in [1.165, 1.54) is 0 Å². The zero-order valence-electron chi connectivity index (χ0n) is 16.6. The van der Waals surface area contributed by atoms with Gasteiger partial charge in [0.05, 0.1) is 31.1 Å². The zero-order chi connectivity index (χ0) is 20.5.